The molecule has 8 heteroatoms. The molecule has 1 unspecified atom stereocenters. The van der Waals surface area contributed by atoms with Crippen LogP contribution in [0.25, 0.3) is 0 Å². The van der Waals surface area contributed by atoms with Gasteiger partial charge in [0.1, 0.15) is 13.2 Å². The van der Waals surface area contributed by atoms with Gasteiger partial charge in [-0.25, -0.2) is 18.7 Å². The number of nitrogens with zero attached hydrogens (tertiary/aromatic N) is 2. The monoisotopic (exact) mass is 309 g/mol. The molecule has 120 valence electrons. The van der Waals surface area contributed by atoms with Crippen LogP contribution in [0.15, 0.2) is 6.07 Å². The maximum atomic E-state index is 12.7. The van der Waals surface area contributed by atoms with Gasteiger partial charge in [-0.1, -0.05) is 6.92 Å². The summed E-state index contributed by atoms with van der Waals surface area (Å²) >= 11 is 0. The van der Waals surface area contributed by atoms with E-state index in [1.54, 1.807) is 13.0 Å². The van der Waals surface area contributed by atoms with E-state index >= 15 is 0 Å². The minimum Gasteiger partial charge on any atom is -0.367 e. The standard InChI is InChI=1S/C13H19F4N3O/c1-3-9(18)5-10-4-8(2)19-11(20-10)6-21-7-13(16,17)12(14)15/h4,9,12H,3,5-7,18H2,1-2H3. The molecule has 4 nitrogen and oxygen atoms in total. The first-order valence-corrected chi connectivity index (χ1v) is 6.57. The van der Waals surface area contributed by atoms with Crippen molar-refractivity contribution in [3.8, 4) is 0 Å². The predicted molar refractivity (Wildman–Crippen MR) is 69.3 cm³/mol. The third-order valence-corrected chi connectivity index (χ3v) is 2.79. The van der Waals surface area contributed by atoms with Gasteiger partial charge in [-0.2, -0.15) is 8.78 Å². The van der Waals surface area contributed by atoms with Crippen LogP contribution in [0.2, 0.25) is 0 Å². The lowest BCUT2D eigenvalue weighted by Gasteiger charge is -2.15. The molecule has 0 aliphatic heterocycles. The third-order valence-electron chi connectivity index (χ3n) is 2.79. The summed E-state index contributed by atoms with van der Waals surface area (Å²) in [6, 6.07) is 1.68. The quantitative estimate of drug-likeness (QED) is 0.750. The van der Waals surface area contributed by atoms with Gasteiger partial charge in [-0.05, 0) is 19.4 Å². The second kappa shape index (κ2) is 7.65. The summed E-state index contributed by atoms with van der Waals surface area (Å²) in [5, 5.41) is 0. The SMILES string of the molecule is CCC(N)Cc1cc(C)nc(COCC(F)(F)C(F)F)n1. The third kappa shape index (κ3) is 5.92. The lowest BCUT2D eigenvalue weighted by atomic mass is 10.1. The van der Waals surface area contributed by atoms with E-state index in [1.165, 1.54) is 0 Å². The van der Waals surface area contributed by atoms with Crippen molar-refractivity contribution in [3.05, 3.63) is 23.3 Å². The van der Waals surface area contributed by atoms with Gasteiger partial charge in [0, 0.05) is 23.9 Å². The maximum absolute atomic E-state index is 12.7. The van der Waals surface area contributed by atoms with Gasteiger partial charge in [0.15, 0.2) is 5.82 Å². The van der Waals surface area contributed by atoms with Crippen molar-refractivity contribution in [1.29, 1.82) is 0 Å². The Morgan fingerprint density at radius 3 is 2.57 bits per heavy atom. The number of rotatable bonds is 8. The van der Waals surface area contributed by atoms with Crippen LogP contribution in [-0.2, 0) is 17.8 Å². The van der Waals surface area contributed by atoms with Crippen LogP contribution in [0.5, 0.6) is 0 Å². The summed E-state index contributed by atoms with van der Waals surface area (Å²) in [7, 11) is 0. The van der Waals surface area contributed by atoms with E-state index in [1.807, 2.05) is 6.92 Å². The highest BCUT2D eigenvalue weighted by Gasteiger charge is 2.41. The topological polar surface area (TPSA) is 61.0 Å². The molecule has 0 aromatic carbocycles. The van der Waals surface area contributed by atoms with E-state index in [4.69, 9.17) is 5.73 Å². The summed E-state index contributed by atoms with van der Waals surface area (Å²) in [5.74, 6) is -3.99. The number of ether oxygens (including phenoxy) is 1. The smallest absolute Gasteiger partial charge is 0.330 e. The molecule has 2 N–H and O–H groups in total. The Morgan fingerprint density at radius 1 is 1.33 bits per heavy atom. The molecule has 21 heavy (non-hydrogen) atoms. The Balaban J connectivity index is 2.63. The van der Waals surface area contributed by atoms with Crippen molar-refractivity contribution in [2.45, 2.75) is 51.7 Å². The molecule has 1 aromatic rings. The van der Waals surface area contributed by atoms with Crippen molar-refractivity contribution in [3.63, 3.8) is 0 Å². The first-order chi connectivity index (χ1) is 9.74. The number of halogens is 4. The second-order valence-electron chi connectivity index (χ2n) is 4.84. The Hall–Kier alpha value is -1.28. The van der Waals surface area contributed by atoms with Crippen LogP contribution in [-0.4, -0.2) is 35.0 Å². The van der Waals surface area contributed by atoms with Gasteiger partial charge in [0.05, 0.1) is 0 Å². The number of hydrogen-bond acceptors (Lipinski definition) is 4. The number of alkyl halides is 4. The summed E-state index contributed by atoms with van der Waals surface area (Å²) in [6.07, 6.45) is -2.45. The number of aryl methyl sites for hydroxylation is 1. The second-order valence-corrected chi connectivity index (χ2v) is 4.84. The highest BCUT2D eigenvalue weighted by Crippen LogP contribution is 2.23. The summed E-state index contributed by atoms with van der Waals surface area (Å²) in [5.41, 5.74) is 7.14. The minimum absolute atomic E-state index is 0.0590. The van der Waals surface area contributed by atoms with Gasteiger partial charge >= 0.3 is 12.3 Å². The highest BCUT2D eigenvalue weighted by atomic mass is 19.3. The average molecular weight is 309 g/mol. The summed E-state index contributed by atoms with van der Waals surface area (Å²) in [6.45, 7) is 1.94. The zero-order valence-electron chi connectivity index (χ0n) is 12.0. The molecule has 0 saturated carbocycles. The zero-order valence-corrected chi connectivity index (χ0v) is 12.0. The molecular formula is C13H19F4N3O. The fourth-order valence-corrected chi connectivity index (χ4v) is 1.62. The minimum atomic E-state index is -4.17. The Kier molecular flexibility index (Phi) is 6.47. The van der Waals surface area contributed by atoms with E-state index in [0.717, 1.165) is 6.42 Å². The van der Waals surface area contributed by atoms with E-state index in [-0.39, 0.29) is 18.5 Å². The normalized spacial score (nSPS) is 13.7. The van der Waals surface area contributed by atoms with Crippen molar-refractivity contribution >= 4 is 0 Å². The van der Waals surface area contributed by atoms with Gasteiger partial charge in [-0.15, -0.1) is 0 Å². The number of nitrogens with two attached hydrogens (primary N) is 1. The molecule has 0 aliphatic carbocycles. The van der Waals surface area contributed by atoms with Crippen molar-refractivity contribution in [1.82, 2.24) is 9.97 Å². The Bertz CT molecular complexity index is 457. The molecule has 0 radical (unpaired) electrons. The first kappa shape index (κ1) is 17.8. The number of aromatic nitrogens is 2. The molecule has 1 atom stereocenters. The maximum Gasteiger partial charge on any atom is 0.330 e. The summed E-state index contributed by atoms with van der Waals surface area (Å²) in [4.78, 5) is 8.16. The van der Waals surface area contributed by atoms with E-state index in [2.05, 4.69) is 14.7 Å². The molecule has 1 rings (SSSR count). The van der Waals surface area contributed by atoms with Gasteiger partial charge in [-0.3, -0.25) is 0 Å². The largest absolute Gasteiger partial charge is 0.367 e. The molecule has 0 aliphatic rings. The fourth-order valence-electron chi connectivity index (χ4n) is 1.62. The van der Waals surface area contributed by atoms with Gasteiger partial charge in [0.25, 0.3) is 0 Å². The Labute approximate surface area is 120 Å². The molecule has 0 saturated heterocycles. The molecule has 0 spiro atoms. The van der Waals surface area contributed by atoms with Crippen molar-refractivity contribution in [2.75, 3.05) is 6.61 Å². The van der Waals surface area contributed by atoms with Crippen molar-refractivity contribution < 1.29 is 22.3 Å². The molecule has 1 heterocycles. The molecule has 0 amide bonds. The molecular weight excluding hydrogens is 290 g/mol. The summed E-state index contributed by atoms with van der Waals surface area (Å²) < 4.78 is 53.9. The van der Waals surface area contributed by atoms with E-state index in [0.29, 0.717) is 17.8 Å². The average Bonchev–Trinajstić information content (AvgIpc) is 2.37. The van der Waals surface area contributed by atoms with Gasteiger partial charge < -0.3 is 10.5 Å². The van der Waals surface area contributed by atoms with Crippen LogP contribution in [0.1, 0.15) is 30.6 Å². The first-order valence-electron chi connectivity index (χ1n) is 6.57. The predicted octanol–water partition coefficient (Wildman–Crippen LogP) is 2.48. The molecule has 0 bridgehead atoms. The molecule has 0 fully saturated rings. The zero-order chi connectivity index (χ0) is 16.0. The van der Waals surface area contributed by atoms with Crippen LogP contribution in [0.3, 0.4) is 0 Å². The molecule has 1 aromatic heterocycles. The Morgan fingerprint density at radius 2 is 2.00 bits per heavy atom. The lowest BCUT2D eigenvalue weighted by molar-refractivity contribution is -0.168. The fraction of sp³-hybridized carbons (Fsp3) is 0.692. The van der Waals surface area contributed by atoms with E-state index in [9.17, 15) is 17.6 Å². The van der Waals surface area contributed by atoms with Crippen LogP contribution in [0, 0.1) is 6.92 Å². The van der Waals surface area contributed by atoms with Crippen LogP contribution >= 0.6 is 0 Å². The van der Waals surface area contributed by atoms with E-state index < -0.39 is 19.0 Å². The highest BCUT2D eigenvalue weighted by molar-refractivity contribution is 5.11. The van der Waals surface area contributed by atoms with Crippen LogP contribution in [0.4, 0.5) is 17.6 Å². The van der Waals surface area contributed by atoms with Crippen molar-refractivity contribution in [2.24, 2.45) is 5.73 Å². The number of hydrogen-bond donors (Lipinski definition) is 1. The van der Waals surface area contributed by atoms with Crippen LogP contribution < -0.4 is 5.73 Å². The lowest BCUT2D eigenvalue weighted by Crippen LogP contribution is -2.32. The van der Waals surface area contributed by atoms with Gasteiger partial charge in [0.2, 0.25) is 0 Å².